The highest BCUT2D eigenvalue weighted by atomic mass is 19.4. The molecular weight excluding hydrogens is 520 g/mol. The standard InChI is InChI=1S/C27H32F4N4O.C2H6.C2H2/c1-5-8-19(27(29,30)31)17-18(22(28)6-2)10-11-24-23(9-7-16-35(24)3)34-25-20-12-15-33-26(36-4)21(20)13-14-32-25;2*1-2/h6,8,11-15,17,23H,5,7,9-10,16H2,1-4H3,(H,32,34);1-2H3;1-2H/b18-17-,19-8-,22-6+,24-11-;;. The number of likely N-dealkylation sites (tertiary alicyclic amines) is 1. The number of nitrogens with one attached hydrogen (secondary N) is 1. The molecule has 1 aliphatic heterocycles. The monoisotopic (exact) mass is 560 g/mol. The van der Waals surface area contributed by atoms with Crippen molar-refractivity contribution in [3.63, 3.8) is 0 Å². The molecule has 5 nitrogen and oxygen atoms in total. The molecule has 1 aliphatic rings. The lowest BCUT2D eigenvalue weighted by atomic mass is 9.98. The maximum atomic E-state index is 14.6. The Hall–Kier alpha value is -3.80. The van der Waals surface area contributed by atoms with E-state index in [4.69, 9.17) is 4.74 Å². The van der Waals surface area contributed by atoms with Gasteiger partial charge in [-0.15, -0.1) is 12.8 Å². The first-order valence-corrected chi connectivity index (χ1v) is 13.3. The second-order valence-corrected chi connectivity index (χ2v) is 8.54. The largest absolute Gasteiger partial charge is 0.481 e. The summed E-state index contributed by atoms with van der Waals surface area (Å²) in [7, 11) is 3.48. The lowest BCUT2D eigenvalue weighted by Gasteiger charge is -2.35. The van der Waals surface area contributed by atoms with Crippen LogP contribution in [0.15, 0.2) is 71.5 Å². The Labute approximate surface area is 235 Å². The summed E-state index contributed by atoms with van der Waals surface area (Å²) in [5, 5.41) is 5.14. The SMILES string of the molecule is C#C.CC.C\C=C(F)/C(=C\C(=C\CC)C(F)(F)F)C/C=C1/C(Nc2nccc3c(OC)nccc23)CCCN1C. The number of nitrogens with zero attached hydrogens (tertiary/aromatic N) is 3. The number of allylic oxidation sites excluding steroid dienone is 7. The van der Waals surface area contributed by atoms with E-state index in [1.165, 1.54) is 13.0 Å². The average Bonchev–Trinajstić information content (AvgIpc) is 2.96. The van der Waals surface area contributed by atoms with Gasteiger partial charge in [-0.05, 0) is 56.4 Å². The number of aromatic nitrogens is 2. The third kappa shape index (κ3) is 9.15. The molecule has 1 unspecified atom stereocenters. The second kappa shape index (κ2) is 17.0. The van der Waals surface area contributed by atoms with Gasteiger partial charge in [0.15, 0.2) is 0 Å². The fraction of sp³-hybridized carbons (Fsp3) is 0.419. The Balaban J connectivity index is 0.00000191. The van der Waals surface area contributed by atoms with Crippen LogP contribution >= 0.6 is 0 Å². The molecule has 0 bridgehead atoms. The molecule has 1 atom stereocenters. The Morgan fingerprint density at radius 2 is 1.82 bits per heavy atom. The van der Waals surface area contributed by atoms with Crippen LogP contribution in [-0.2, 0) is 0 Å². The molecule has 0 aliphatic carbocycles. The van der Waals surface area contributed by atoms with Crippen molar-refractivity contribution in [1.82, 2.24) is 14.9 Å². The van der Waals surface area contributed by atoms with Gasteiger partial charge in [0.1, 0.15) is 11.6 Å². The smallest absolute Gasteiger partial charge is 0.416 e. The van der Waals surface area contributed by atoms with Crippen LogP contribution in [0.1, 0.15) is 53.4 Å². The van der Waals surface area contributed by atoms with Crippen molar-refractivity contribution >= 4 is 16.6 Å². The molecule has 3 heterocycles. The first kappa shape index (κ1) is 34.2. The summed E-state index contributed by atoms with van der Waals surface area (Å²) in [5.41, 5.74) is 0.0207. The molecule has 0 spiro atoms. The summed E-state index contributed by atoms with van der Waals surface area (Å²) in [4.78, 5) is 10.8. The van der Waals surface area contributed by atoms with Crippen LogP contribution in [0.5, 0.6) is 5.88 Å². The quantitative estimate of drug-likeness (QED) is 0.200. The van der Waals surface area contributed by atoms with Gasteiger partial charge < -0.3 is 15.0 Å². The van der Waals surface area contributed by atoms with Crippen LogP contribution < -0.4 is 10.1 Å². The normalized spacial score (nSPS) is 17.5. The maximum absolute atomic E-state index is 14.6. The number of ether oxygens (including phenoxy) is 1. The van der Waals surface area contributed by atoms with Crippen LogP contribution in [0.2, 0.25) is 0 Å². The van der Waals surface area contributed by atoms with E-state index >= 15 is 0 Å². The molecule has 218 valence electrons. The Bertz CT molecular complexity index is 1230. The predicted octanol–water partition coefficient (Wildman–Crippen LogP) is 8.39. The average molecular weight is 561 g/mol. The van der Waals surface area contributed by atoms with E-state index in [1.807, 2.05) is 37.9 Å². The van der Waals surface area contributed by atoms with Crippen molar-refractivity contribution in [3.8, 4) is 18.7 Å². The van der Waals surface area contributed by atoms with E-state index in [0.29, 0.717) is 11.7 Å². The molecule has 1 N–H and O–H groups in total. The molecule has 0 aromatic carbocycles. The van der Waals surface area contributed by atoms with Gasteiger partial charge >= 0.3 is 6.18 Å². The van der Waals surface area contributed by atoms with Crippen LogP contribution in [0.4, 0.5) is 23.4 Å². The highest BCUT2D eigenvalue weighted by molar-refractivity contribution is 5.94. The number of terminal acetylenes is 1. The topological polar surface area (TPSA) is 50.3 Å². The summed E-state index contributed by atoms with van der Waals surface area (Å²) in [6, 6.07) is 3.53. The number of hydrogen-bond donors (Lipinski definition) is 1. The lowest BCUT2D eigenvalue weighted by Crippen LogP contribution is -2.38. The Morgan fingerprint density at radius 3 is 2.42 bits per heavy atom. The second-order valence-electron chi connectivity index (χ2n) is 8.54. The maximum Gasteiger partial charge on any atom is 0.416 e. The van der Waals surface area contributed by atoms with E-state index in [-0.39, 0.29) is 24.5 Å². The van der Waals surface area contributed by atoms with Crippen molar-refractivity contribution in [2.45, 2.75) is 65.6 Å². The zero-order chi connectivity index (χ0) is 30.3. The number of pyridine rings is 2. The van der Waals surface area contributed by atoms with Gasteiger partial charge in [-0.25, -0.2) is 14.4 Å². The summed E-state index contributed by atoms with van der Waals surface area (Å²) in [6.07, 6.45) is 13.7. The van der Waals surface area contributed by atoms with Crippen molar-refractivity contribution in [2.24, 2.45) is 0 Å². The Morgan fingerprint density at radius 1 is 1.18 bits per heavy atom. The van der Waals surface area contributed by atoms with E-state index in [9.17, 15) is 17.6 Å². The zero-order valence-corrected chi connectivity index (χ0v) is 24.1. The van der Waals surface area contributed by atoms with Crippen molar-refractivity contribution in [1.29, 1.82) is 0 Å². The van der Waals surface area contributed by atoms with Gasteiger partial charge in [-0.1, -0.05) is 39.0 Å². The van der Waals surface area contributed by atoms with Crippen molar-refractivity contribution < 1.29 is 22.3 Å². The molecule has 0 amide bonds. The third-order valence-electron chi connectivity index (χ3n) is 6.11. The molecule has 9 heteroatoms. The summed E-state index contributed by atoms with van der Waals surface area (Å²) < 4.78 is 60.4. The molecule has 0 radical (unpaired) electrons. The van der Waals surface area contributed by atoms with E-state index < -0.39 is 17.6 Å². The molecule has 0 saturated carbocycles. The van der Waals surface area contributed by atoms with Crippen LogP contribution in [0.3, 0.4) is 0 Å². The first-order valence-electron chi connectivity index (χ1n) is 13.3. The highest BCUT2D eigenvalue weighted by Crippen LogP contribution is 2.33. The van der Waals surface area contributed by atoms with E-state index in [1.54, 1.807) is 32.5 Å². The van der Waals surface area contributed by atoms with Crippen LogP contribution in [0, 0.1) is 12.8 Å². The van der Waals surface area contributed by atoms with Gasteiger partial charge in [0.05, 0.1) is 18.7 Å². The molecule has 3 rings (SSSR count). The number of piperidine rings is 1. The predicted molar refractivity (Wildman–Crippen MR) is 157 cm³/mol. The van der Waals surface area contributed by atoms with Crippen molar-refractivity contribution in [2.75, 3.05) is 26.0 Å². The minimum atomic E-state index is -4.55. The lowest BCUT2D eigenvalue weighted by molar-refractivity contribution is -0.0884. The van der Waals surface area contributed by atoms with Gasteiger partial charge in [-0.3, -0.25) is 0 Å². The number of methoxy groups -OCH3 is 1. The number of hydrogen-bond acceptors (Lipinski definition) is 5. The fourth-order valence-corrected chi connectivity index (χ4v) is 4.33. The molecular formula is C31H40F4N4O. The van der Waals surface area contributed by atoms with Crippen LogP contribution in [-0.4, -0.2) is 47.8 Å². The molecule has 2 aromatic heterocycles. The minimum Gasteiger partial charge on any atom is -0.481 e. The molecule has 40 heavy (non-hydrogen) atoms. The zero-order valence-electron chi connectivity index (χ0n) is 24.1. The van der Waals surface area contributed by atoms with Crippen molar-refractivity contribution in [3.05, 3.63) is 71.5 Å². The molecule has 1 saturated heterocycles. The highest BCUT2D eigenvalue weighted by Gasteiger charge is 2.32. The number of fused-ring (bicyclic) bond motifs is 1. The molecule has 2 aromatic rings. The third-order valence-corrected chi connectivity index (χ3v) is 6.11. The summed E-state index contributed by atoms with van der Waals surface area (Å²) >= 11 is 0. The number of rotatable bonds is 8. The van der Waals surface area contributed by atoms with Crippen LogP contribution in [0.25, 0.3) is 10.8 Å². The Kier molecular flexibility index (Phi) is 14.6. The number of likely N-dealkylation sites (N-methyl/N-ethyl adjacent to an activating group) is 1. The van der Waals surface area contributed by atoms with Gasteiger partial charge in [0.25, 0.3) is 0 Å². The van der Waals surface area contributed by atoms with E-state index in [0.717, 1.165) is 48.0 Å². The number of halogens is 4. The summed E-state index contributed by atoms with van der Waals surface area (Å²) in [5.74, 6) is 0.475. The van der Waals surface area contributed by atoms with E-state index in [2.05, 4.69) is 28.1 Å². The molecule has 1 fully saturated rings. The number of alkyl halides is 3. The number of anilines is 1. The van der Waals surface area contributed by atoms with Gasteiger partial charge in [0, 0.05) is 42.5 Å². The van der Waals surface area contributed by atoms with Gasteiger partial charge in [-0.2, -0.15) is 13.2 Å². The van der Waals surface area contributed by atoms with Gasteiger partial charge in [0.2, 0.25) is 5.88 Å². The summed E-state index contributed by atoms with van der Waals surface area (Å²) in [6.45, 7) is 7.88. The fourth-order valence-electron chi connectivity index (χ4n) is 4.33. The minimum absolute atomic E-state index is 0.0150. The first-order chi connectivity index (χ1) is 19.2.